The van der Waals surface area contributed by atoms with Gasteiger partial charge in [0.25, 0.3) is 5.91 Å². The van der Waals surface area contributed by atoms with Crippen molar-refractivity contribution < 1.29 is 19.1 Å². The van der Waals surface area contributed by atoms with Crippen molar-refractivity contribution in [1.82, 2.24) is 14.8 Å². The van der Waals surface area contributed by atoms with E-state index in [2.05, 4.69) is 18.8 Å². The summed E-state index contributed by atoms with van der Waals surface area (Å²) in [7, 11) is 0. The maximum absolute atomic E-state index is 12.8. The zero-order valence-electron chi connectivity index (χ0n) is 17.6. The van der Waals surface area contributed by atoms with E-state index < -0.39 is 0 Å². The molecule has 1 saturated heterocycles. The zero-order valence-corrected chi connectivity index (χ0v) is 17.6. The van der Waals surface area contributed by atoms with Gasteiger partial charge in [-0.25, -0.2) is 0 Å². The van der Waals surface area contributed by atoms with Crippen LogP contribution in [-0.4, -0.2) is 65.5 Å². The highest BCUT2D eigenvalue weighted by Gasteiger charge is 2.31. The highest BCUT2D eigenvalue weighted by Crippen LogP contribution is 2.14. The fourth-order valence-electron chi connectivity index (χ4n) is 3.34. The third-order valence-corrected chi connectivity index (χ3v) is 4.78. The molecular weight excluding hydrogens is 382 g/mol. The summed E-state index contributed by atoms with van der Waals surface area (Å²) in [6.45, 7) is 5.88. The number of amides is 2. The van der Waals surface area contributed by atoms with E-state index in [1.165, 1.54) is 0 Å². The summed E-state index contributed by atoms with van der Waals surface area (Å²) in [5, 5.41) is 0. The smallest absolute Gasteiger partial charge is 0.261 e. The zero-order chi connectivity index (χ0) is 21.3. The van der Waals surface area contributed by atoms with Gasteiger partial charge in [0.05, 0.1) is 19.3 Å². The number of ether oxygens (including phenoxy) is 2. The SMILES string of the molecule is CC(C)CN1CC(OCc2cccnc2)CN(C(=O)COc2ccccc2)CC1=O. The number of aromatic nitrogens is 1. The lowest BCUT2D eigenvalue weighted by Gasteiger charge is -2.26. The van der Waals surface area contributed by atoms with E-state index in [0.717, 1.165) is 5.56 Å². The molecule has 30 heavy (non-hydrogen) atoms. The summed E-state index contributed by atoms with van der Waals surface area (Å²) >= 11 is 0. The molecule has 0 bridgehead atoms. The van der Waals surface area contributed by atoms with Gasteiger partial charge in [-0.05, 0) is 29.7 Å². The fourth-order valence-corrected chi connectivity index (χ4v) is 3.34. The minimum Gasteiger partial charge on any atom is -0.484 e. The van der Waals surface area contributed by atoms with Crippen molar-refractivity contribution in [2.75, 3.05) is 32.8 Å². The summed E-state index contributed by atoms with van der Waals surface area (Å²) in [4.78, 5) is 33.0. The maximum Gasteiger partial charge on any atom is 0.261 e. The molecule has 2 aromatic rings. The molecule has 0 radical (unpaired) electrons. The Labute approximate surface area is 177 Å². The van der Waals surface area contributed by atoms with Crippen LogP contribution in [0.25, 0.3) is 0 Å². The normalized spacial score (nSPS) is 17.2. The minimum atomic E-state index is -0.281. The Hall–Kier alpha value is -2.93. The Kier molecular flexibility index (Phi) is 7.79. The van der Waals surface area contributed by atoms with Crippen molar-refractivity contribution in [3.63, 3.8) is 0 Å². The van der Waals surface area contributed by atoms with Crippen LogP contribution in [-0.2, 0) is 20.9 Å². The monoisotopic (exact) mass is 411 g/mol. The van der Waals surface area contributed by atoms with Crippen molar-refractivity contribution in [2.45, 2.75) is 26.6 Å². The van der Waals surface area contributed by atoms with E-state index in [-0.39, 0.29) is 31.1 Å². The fraction of sp³-hybridized carbons (Fsp3) is 0.435. The molecule has 1 aromatic carbocycles. The van der Waals surface area contributed by atoms with Gasteiger partial charge in [-0.15, -0.1) is 0 Å². The first-order valence-electron chi connectivity index (χ1n) is 10.2. The molecule has 7 nitrogen and oxygen atoms in total. The molecule has 1 atom stereocenters. The van der Waals surface area contributed by atoms with Crippen LogP contribution in [0.1, 0.15) is 19.4 Å². The van der Waals surface area contributed by atoms with Crippen LogP contribution in [0.5, 0.6) is 5.75 Å². The van der Waals surface area contributed by atoms with Gasteiger partial charge in [0.2, 0.25) is 5.91 Å². The van der Waals surface area contributed by atoms with Crippen molar-refractivity contribution in [1.29, 1.82) is 0 Å². The van der Waals surface area contributed by atoms with Crippen LogP contribution in [0.15, 0.2) is 54.9 Å². The summed E-state index contributed by atoms with van der Waals surface area (Å²) in [5.41, 5.74) is 0.953. The molecular formula is C23H29N3O4. The van der Waals surface area contributed by atoms with E-state index in [9.17, 15) is 9.59 Å². The first-order valence-corrected chi connectivity index (χ1v) is 10.2. The molecule has 0 saturated carbocycles. The molecule has 3 rings (SSSR count). The Morgan fingerprint density at radius 2 is 1.97 bits per heavy atom. The number of hydrogen-bond acceptors (Lipinski definition) is 5. The number of hydrogen-bond donors (Lipinski definition) is 0. The van der Waals surface area contributed by atoms with Gasteiger partial charge in [-0.1, -0.05) is 38.1 Å². The molecule has 1 fully saturated rings. The van der Waals surface area contributed by atoms with Crippen molar-refractivity contribution in [2.24, 2.45) is 5.92 Å². The topological polar surface area (TPSA) is 72.0 Å². The molecule has 0 spiro atoms. The van der Waals surface area contributed by atoms with Crippen LogP contribution in [0.4, 0.5) is 0 Å². The summed E-state index contributed by atoms with van der Waals surface area (Å²) < 4.78 is 11.7. The molecule has 1 aliphatic heterocycles. The molecule has 1 aliphatic rings. The second-order valence-electron chi connectivity index (χ2n) is 7.86. The average molecular weight is 412 g/mol. The average Bonchev–Trinajstić information content (AvgIpc) is 2.90. The van der Waals surface area contributed by atoms with E-state index in [1.54, 1.807) is 34.3 Å². The van der Waals surface area contributed by atoms with E-state index in [0.29, 0.717) is 37.9 Å². The number of pyridine rings is 1. The molecule has 0 N–H and O–H groups in total. The van der Waals surface area contributed by atoms with Gasteiger partial charge >= 0.3 is 0 Å². The first-order chi connectivity index (χ1) is 14.5. The van der Waals surface area contributed by atoms with Crippen molar-refractivity contribution in [3.05, 3.63) is 60.4 Å². The lowest BCUT2D eigenvalue weighted by molar-refractivity contribution is -0.140. The number of carbonyl (C=O) groups excluding carboxylic acids is 2. The van der Waals surface area contributed by atoms with E-state index in [1.807, 2.05) is 30.3 Å². The Bertz CT molecular complexity index is 814. The predicted molar refractivity (Wildman–Crippen MR) is 113 cm³/mol. The molecule has 7 heteroatoms. The third-order valence-electron chi connectivity index (χ3n) is 4.78. The highest BCUT2D eigenvalue weighted by molar-refractivity contribution is 5.86. The number of carbonyl (C=O) groups is 2. The molecule has 1 aromatic heterocycles. The quantitative estimate of drug-likeness (QED) is 0.667. The lowest BCUT2D eigenvalue weighted by Crippen LogP contribution is -2.42. The number of nitrogens with zero attached hydrogens (tertiary/aromatic N) is 3. The van der Waals surface area contributed by atoms with Crippen LogP contribution < -0.4 is 4.74 Å². The van der Waals surface area contributed by atoms with E-state index >= 15 is 0 Å². The maximum atomic E-state index is 12.8. The predicted octanol–water partition coefficient (Wildman–Crippen LogP) is 2.37. The van der Waals surface area contributed by atoms with Gasteiger partial charge < -0.3 is 19.3 Å². The second-order valence-corrected chi connectivity index (χ2v) is 7.86. The third kappa shape index (κ3) is 6.56. The van der Waals surface area contributed by atoms with Crippen molar-refractivity contribution >= 4 is 11.8 Å². The van der Waals surface area contributed by atoms with Crippen LogP contribution in [0.2, 0.25) is 0 Å². The summed E-state index contributed by atoms with van der Waals surface area (Å²) in [5.74, 6) is 0.659. The van der Waals surface area contributed by atoms with Crippen LogP contribution in [0, 0.1) is 5.92 Å². The molecule has 2 heterocycles. The molecule has 0 aliphatic carbocycles. The van der Waals surface area contributed by atoms with Gasteiger partial charge in [-0.3, -0.25) is 14.6 Å². The van der Waals surface area contributed by atoms with Gasteiger partial charge in [0.15, 0.2) is 6.61 Å². The molecule has 160 valence electrons. The minimum absolute atomic E-state index is 0.0382. The van der Waals surface area contributed by atoms with E-state index in [4.69, 9.17) is 9.47 Å². The van der Waals surface area contributed by atoms with Gasteiger partial charge in [0.1, 0.15) is 5.75 Å². The van der Waals surface area contributed by atoms with Crippen molar-refractivity contribution in [3.8, 4) is 5.75 Å². The first kappa shape index (κ1) is 21.8. The standard InChI is InChI=1S/C23H29N3O4/c1-18(2)12-25-13-21(29-16-19-7-6-10-24-11-19)14-26(15-22(25)27)23(28)17-30-20-8-4-3-5-9-20/h3-11,18,21H,12-17H2,1-2H3. The van der Waals surface area contributed by atoms with Crippen LogP contribution >= 0.6 is 0 Å². The largest absolute Gasteiger partial charge is 0.484 e. The number of para-hydroxylation sites is 1. The molecule has 2 amide bonds. The Morgan fingerprint density at radius 3 is 2.67 bits per heavy atom. The highest BCUT2D eigenvalue weighted by atomic mass is 16.5. The second kappa shape index (κ2) is 10.7. The Balaban J connectivity index is 1.65. The molecule has 1 unspecified atom stereocenters. The number of benzene rings is 1. The van der Waals surface area contributed by atoms with Gasteiger partial charge in [0, 0.05) is 32.0 Å². The van der Waals surface area contributed by atoms with Gasteiger partial charge in [-0.2, -0.15) is 0 Å². The lowest BCUT2D eigenvalue weighted by atomic mass is 10.2. The Morgan fingerprint density at radius 1 is 1.17 bits per heavy atom. The van der Waals surface area contributed by atoms with Crippen LogP contribution in [0.3, 0.4) is 0 Å². The number of rotatable bonds is 8. The summed E-state index contributed by atoms with van der Waals surface area (Å²) in [6.07, 6.45) is 3.19. The summed E-state index contributed by atoms with van der Waals surface area (Å²) in [6, 6.07) is 13.0.